The van der Waals surface area contributed by atoms with Gasteiger partial charge in [0.15, 0.2) is 14.6 Å². The second-order valence-corrected chi connectivity index (χ2v) is 9.17. The molecule has 1 aromatic rings. The van der Waals surface area contributed by atoms with Gasteiger partial charge in [-0.05, 0) is 71.2 Å². The van der Waals surface area contributed by atoms with Crippen molar-refractivity contribution < 1.29 is 28.3 Å². The summed E-state index contributed by atoms with van der Waals surface area (Å²) in [6.07, 6.45) is 5.34. The lowest BCUT2D eigenvalue weighted by atomic mass is 10.0. The van der Waals surface area contributed by atoms with Gasteiger partial charge in [-0.25, -0.2) is 14.3 Å². The van der Waals surface area contributed by atoms with Crippen LogP contribution < -0.4 is 10.6 Å². The number of carbonyl (C=O) groups is 1. The van der Waals surface area contributed by atoms with Crippen LogP contribution in [0.2, 0.25) is 0 Å². The molecular formula is C20H31NO6S. The van der Waals surface area contributed by atoms with E-state index < -0.39 is 20.6 Å². The van der Waals surface area contributed by atoms with Gasteiger partial charge in [-0.3, -0.25) is 4.79 Å². The number of hydrogen-bond donors (Lipinski definition) is 3. The minimum absolute atomic E-state index is 0.0289. The molecule has 0 spiro atoms. The monoisotopic (exact) mass is 413 g/mol. The van der Waals surface area contributed by atoms with E-state index in [1.807, 2.05) is 20.8 Å². The fraction of sp³-hybridized carbons (Fsp3) is 0.450. The van der Waals surface area contributed by atoms with Crippen LogP contribution in [0.25, 0.3) is 0 Å². The van der Waals surface area contributed by atoms with Gasteiger partial charge in [0, 0.05) is 0 Å². The molecule has 1 aromatic carbocycles. The second kappa shape index (κ2) is 11.6. The molecule has 4 N–H and O–H groups in total. The summed E-state index contributed by atoms with van der Waals surface area (Å²) >= 11 is 0. The smallest absolute Gasteiger partial charge is 0.325 e. The van der Waals surface area contributed by atoms with Crippen molar-refractivity contribution in [2.24, 2.45) is 5.90 Å². The molecule has 158 valence electrons. The van der Waals surface area contributed by atoms with Gasteiger partial charge in [0.1, 0.15) is 5.75 Å². The van der Waals surface area contributed by atoms with Crippen molar-refractivity contribution in [2.75, 3.05) is 7.11 Å². The number of allylic oxidation sites excluding steroid dienone is 4. The summed E-state index contributed by atoms with van der Waals surface area (Å²) in [6, 6.07) is 5.77. The first kappa shape index (κ1) is 25.8. The quantitative estimate of drug-likeness (QED) is 0.416. The van der Waals surface area contributed by atoms with E-state index in [9.17, 15) is 18.3 Å². The molecule has 8 heteroatoms. The Bertz CT molecular complexity index is 792. The molecule has 0 aliphatic rings. The van der Waals surface area contributed by atoms with Crippen LogP contribution in [0.5, 0.6) is 5.75 Å². The zero-order valence-electron chi connectivity index (χ0n) is 17.1. The number of nitrogens with two attached hydrogens (primary N) is 1. The molecule has 0 bridgehead atoms. The number of ether oxygens (including phenoxy) is 1. The molecule has 0 fully saturated rings. The zero-order chi connectivity index (χ0) is 22.0. The number of benzene rings is 1. The van der Waals surface area contributed by atoms with Crippen molar-refractivity contribution in [3.05, 3.63) is 47.6 Å². The standard InChI is InChI=1S/C20H28O5S.H3NO/c1-15(2)7-6-8-16(3)13-14-20(4,19(21)22)26(23,24)18-11-9-17(25-5)10-12-18;1-2/h7,9-13H,6,8,14H2,1-5H3,(H,21,22);2H,1H2. The maximum absolute atomic E-state index is 13.0. The van der Waals surface area contributed by atoms with E-state index >= 15 is 0 Å². The number of methoxy groups -OCH3 is 1. The Morgan fingerprint density at radius 1 is 1.14 bits per heavy atom. The van der Waals surface area contributed by atoms with E-state index in [-0.39, 0.29) is 11.3 Å². The number of hydrogen-bond acceptors (Lipinski definition) is 6. The van der Waals surface area contributed by atoms with E-state index in [1.165, 1.54) is 43.9 Å². The predicted molar refractivity (Wildman–Crippen MR) is 109 cm³/mol. The van der Waals surface area contributed by atoms with Crippen molar-refractivity contribution in [2.45, 2.75) is 56.6 Å². The third-order valence-electron chi connectivity index (χ3n) is 4.35. The molecule has 28 heavy (non-hydrogen) atoms. The molecule has 0 aliphatic carbocycles. The number of carboxylic acids is 1. The van der Waals surface area contributed by atoms with E-state index in [4.69, 9.17) is 9.94 Å². The van der Waals surface area contributed by atoms with E-state index in [1.54, 1.807) is 6.08 Å². The largest absolute Gasteiger partial charge is 0.497 e. The summed E-state index contributed by atoms with van der Waals surface area (Å²) in [5.41, 5.74) is 2.19. The zero-order valence-corrected chi connectivity index (χ0v) is 17.9. The first-order chi connectivity index (χ1) is 13.0. The maximum Gasteiger partial charge on any atom is 0.325 e. The van der Waals surface area contributed by atoms with Gasteiger partial charge < -0.3 is 15.1 Å². The van der Waals surface area contributed by atoms with Gasteiger partial charge >= 0.3 is 5.97 Å². The molecule has 0 aromatic heterocycles. The number of sulfone groups is 1. The van der Waals surface area contributed by atoms with Crippen LogP contribution in [0, 0.1) is 0 Å². The Morgan fingerprint density at radius 2 is 1.68 bits per heavy atom. The Morgan fingerprint density at radius 3 is 2.11 bits per heavy atom. The maximum atomic E-state index is 13.0. The van der Waals surface area contributed by atoms with Gasteiger partial charge in [0.25, 0.3) is 0 Å². The summed E-state index contributed by atoms with van der Waals surface area (Å²) in [7, 11) is -2.59. The van der Waals surface area contributed by atoms with Gasteiger partial charge in [-0.1, -0.05) is 23.3 Å². The normalized spacial score (nSPS) is 13.6. The van der Waals surface area contributed by atoms with E-state index in [0.29, 0.717) is 5.75 Å². The molecule has 0 saturated heterocycles. The first-order valence-corrected chi connectivity index (χ1v) is 10.2. The minimum Gasteiger partial charge on any atom is -0.497 e. The highest BCUT2D eigenvalue weighted by Gasteiger charge is 2.46. The van der Waals surface area contributed by atoms with Gasteiger partial charge in [0.05, 0.1) is 12.0 Å². The van der Waals surface area contributed by atoms with E-state index in [0.717, 1.165) is 18.4 Å². The highest BCUT2D eigenvalue weighted by Crippen LogP contribution is 2.31. The van der Waals surface area contributed by atoms with Crippen LogP contribution in [0.15, 0.2) is 52.5 Å². The molecule has 0 radical (unpaired) electrons. The molecule has 7 nitrogen and oxygen atoms in total. The molecule has 1 atom stereocenters. The van der Waals surface area contributed by atoms with Crippen LogP contribution in [0.3, 0.4) is 0 Å². The second-order valence-electron chi connectivity index (χ2n) is 6.79. The lowest BCUT2D eigenvalue weighted by molar-refractivity contribution is -0.139. The van der Waals surface area contributed by atoms with Crippen molar-refractivity contribution in [3.63, 3.8) is 0 Å². The highest BCUT2D eigenvalue weighted by molar-refractivity contribution is 7.93. The summed E-state index contributed by atoms with van der Waals surface area (Å²) in [5.74, 6) is 2.65. The number of rotatable bonds is 9. The Kier molecular flexibility index (Phi) is 10.7. The molecule has 0 aliphatic heterocycles. The fourth-order valence-corrected chi connectivity index (χ4v) is 3.93. The summed E-state index contributed by atoms with van der Waals surface area (Å²) < 4.78 is 29.0. The molecular weight excluding hydrogens is 382 g/mol. The topological polar surface area (TPSA) is 127 Å². The molecule has 1 unspecified atom stereocenters. The van der Waals surface area contributed by atoms with E-state index in [2.05, 4.69) is 12.0 Å². The SMILES string of the molecule is COc1ccc(S(=O)(=O)C(C)(CC=C(C)CCC=C(C)C)C(=O)O)cc1.NO. The first-order valence-electron chi connectivity index (χ1n) is 8.71. The lowest BCUT2D eigenvalue weighted by Gasteiger charge is -2.24. The highest BCUT2D eigenvalue weighted by atomic mass is 32.2. The third kappa shape index (κ3) is 6.78. The average molecular weight is 414 g/mol. The molecule has 0 heterocycles. The summed E-state index contributed by atoms with van der Waals surface area (Å²) in [4.78, 5) is 11.8. The van der Waals surface area contributed by atoms with Crippen LogP contribution in [-0.2, 0) is 14.6 Å². The summed E-state index contributed by atoms with van der Waals surface area (Å²) in [5, 5.41) is 16.1. The molecule has 1 rings (SSSR count). The van der Waals surface area contributed by atoms with Gasteiger partial charge in [0.2, 0.25) is 0 Å². The number of carboxylic acid groups (broad SMARTS) is 1. The molecule has 0 saturated carbocycles. The van der Waals surface area contributed by atoms with Gasteiger partial charge in [-0.2, -0.15) is 0 Å². The Balaban J connectivity index is 0.00000352. The third-order valence-corrected chi connectivity index (χ3v) is 6.77. The van der Waals surface area contributed by atoms with Crippen molar-refractivity contribution in [1.29, 1.82) is 0 Å². The Hall–Kier alpha value is -2.16. The van der Waals surface area contributed by atoms with Crippen LogP contribution in [0.1, 0.15) is 47.0 Å². The molecule has 0 amide bonds. The fourth-order valence-electron chi connectivity index (χ4n) is 2.39. The van der Waals surface area contributed by atoms with Crippen LogP contribution in [0.4, 0.5) is 0 Å². The van der Waals surface area contributed by atoms with Crippen molar-refractivity contribution in [1.82, 2.24) is 0 Å². The lowest BCUT2D eigenvalue weighted by Crippen LogP contribution is -2.43. The predicted octanol–water partition coefficient (Wildman–Crippen LogP) is 3.73. The van der Waals surface area contributed by atoms with Crippen molar-refractivity contribution >= 4 is 15.8 Å². The van der Waals surface area contributed by atoms with Crippen LogP contribution >= 0.6 is 0 Å². The Labute approximate surface area is 167 Å². The van der Waals surface area contributed by atoms with Crippen LogP contribution in [-0.4, -0.2) is 36.6 Å². The number of aliphatic carboxylic acids is 1. The average Bonchev–Trinajstić information content (AvgIpc) is 2.67. The summed E-state index contributed by atoms with van der Waals surface area (Å²) in [6.45, 7) is 7.18. The van der Waals surface area contributed by atoms with Crippen molar-refractivity contribution in [3.8, 4) is 5.75 Å². The van der Waals surface area contributed by atoms with Gasteiger partial charge in [-0.15, -0.1) is 0 Å². The minimum atomic E-state index is -4.07.